The van der Waals surface area contributed by atoms with Crippen LogP contribution in [0.5, 0.6) is 0 Å². The maximum atomic E-state index is 12.8. The van der Waals surface area contributed by atoms with Crippen molar-refractivity contribution in [2.75, 3.05) is 18.4 Å². The van der Waals surface area contributed by atoms with Crippen LogP contribution in [0.2, 0.25) is 0 Å². The summed E-state index contributed by atoms with van der Waals surface area (Å²) in [6.07, 6.45) is 1.66. The number of hydrogen-bond donors (Lipinski definition) is 2. The molecule has 1 aliphatic rings. The van der Waals surface area contributed by atoms with Gasteiger partial charge >= 0.3 is 0 Å². The molecule has 4 nitrogen and oxygen atoms in total. The minimum Gasteiger partial charge on any atom is -0.393 e. The standard InChI is InChI=1S/C20H32N2O2/c1-13(2)18-8-6-7-14(3)19(18)21-20(24)15(4)22-11-9-17(10-12-22)16(5)23/h6-8,13,15-17,23H,9-12H2,1-5H3,(H,21,24). The highest BCUT2D eigenvalue weighted by Gasteiger charge is 2.28. The Morgan fingerprint density at radius 1 is 1.21 bits per heavy atom. The molecule has 1 fully saturated rings. The number of aryl methyl sites for hydroxylation is 1. The summed E-state index contributed by atoms with van der Waals surface area (Å²) in [5, 5.41) is 12.9. The zero-order valence-corrected chi connectivity index (χ0v) is 15.7. The molecule has 2 rings (SSSR count). The number of para-hydroxylation sites is 1. The van der Waals surface area contributed by atoms with Gasteiger partial charge in [-0.05, 0) is 69.7 Å². The van der Waals surface area contributed by atoms with E-state index in [0.29, 0.717) is 11.8 Å². The van der Waals surface area contributed by atoms with Gasteiger partial charge in [0.05, 0.1) is 12.1 Å². The van der Waals surface area contributed by atoms with E-state index in [1.807, 2.05) is 32.9 Å². The Kier molecular flexibility index (Phi) is 6.41. The van der Waals surface area contributed by atoms with Gasteiger partial charge in [-0.2, -0.15) is 0 Å². The number of carbonyl (C=O) groups is 1. The molecule has 0 bridgehead atoms. The number of benzene rings is 1. The smallest absolute Gasteiger partial charge is 0.241 e. The van der Waals surface area contributed by atoms with Crippen molar-refractivity contribution < 1.29 is 9.90 Å². The Hall–Kier alpha value is -1.39. The summed E-state index contributed by atoms with van der Waals surface area (Å²) in [5.74, 6) is 0.791. The van der Waals surface area contributed by atoms with Gasteiger partial charge in [-0.1, -0.05) is 32.0 Å². The number of nitrogens with zero attached hydrogens (tertiary/aromatic N) is 1. The van der Waals surface area contributed by atoms with E-state index in [1.54, 1.807) is 0 Å². The molecule has 1 amide bonds. The Labute approximate surface area is 146 Å². The SMILES string of the molecule is Cc1cccc(C(C)C)c1NC(=O)C(C)N1CCC(C(C)O)CC1. The molecule has 0 aliphatic carbocycles. The summed E-state index contributed by atoms with van der Waals surface area (Å²) in [4.78, 5) is 15.0. The van der Waals surface area contributed by atoms with Crippen molar-refractivity contribution in [1.29, 1.82) is 0 Å². The quantitative estimate of drug-likeness (QED) is 0.867. The highest BCUT2D eigenvalue weighted by atomic mass is 16.3. The van der Waals surface area contributed by atoms with E-state index >= 15 is 0 Å². The summed E-state index contributed by atoms with van der Waals surface area (Å²) < 4.78 is 0. The van der Waals surface area contributed by atoms with Crippen LogP contribution < -0.4 is 5.32 Å². The van der Waals surface area contributed by atoms with E-state index in [9.17, 15) is 9.90 Å². The third-order valence-corrected chi connectivity index (χ3v) is 5.36. The molecule has 24 heavy (non-hydrogen) atoms. The van der Waals surface area contributed by atoms with Crippen molar-refractivity contribution >= 4 is 11.6 Å². The van der Waals surface area contributed by atoms with Crippen molar-refractivity contribution in [2.24, 2.45) is 5.92 Å². The first-order chi connectivity index (χ1) is 11.3. The fourth-order valence-electron chi connectivity index (χ4n) is 3.52. The number of likely N-dealkylation sites (tertiary alicyclic amines) is 1. The lowest BCUT2D eigenvalue weighted by atomic mass is 9.91. The fourth-order valence-corrected chi connectivity index (χ4v) is 3.52. The number of rotatable bonds is 5. The van der Waals surface area contributed by atoms with Crippen LogP contribution in [0.3, 0.4) is 0 Å². The fraction of sp³-hybridized carbons (Fsp3) is 0.650. The van der Waals surface area contributed by atoms with E-state index in [2.05, 4.69) is 30.1 Å². The van der Waals surface area contributed by atoms with Gasteiger partial charge in [0.2, 0.25) is 5.91 Å². The predicted octanol–water partition coefficient (Wildman–Crippen LogP) is 3.54. The first kappa shape index (κ1) is 18.9. The molecular formula is C20H32N2O2. The van der Waals surface area contributed by atoms with Crippen molar-refractivity contribution in [2.45, 2.75) is 65.5 Å². The minimum absolute atomic E-state index is 0.0571. The number of carbonyl (C=O) groups excluding carboxylic acids is 1. The first-order valence-electron chi connectivity index (χ1n) is 9.13. The Balaban J connectivity index is 2.03. The number of nitrogens with one attached hydrogen (secondary N) is 1. The van der Waals surface area contributed by atoms with Crippen LogP contribution in [0.1, 0.15) is 57.6 Å². The molecule has 1 saturated heterocycles. The van der Waals surface area contributed by atoms with Crippen LogP contribution >= 0.6 is 0 Å². The van der Waals surface area contributed by atoms with E-state index in [-0.39, 0.29) is 18.1 Å². The number of piperidine rings is 1. The number of anilines is 1. The van der Waals surface area contributed by atoms with Gasteiger partial charge in [-0.25, -0.2) is 0 Å². The minimum atomic E-state index is -0.253. The lowest BCUT2D eigenvalue weighted by Crippen LogP contribution is -2.47. The molecular weight excluding hydrogens is 300 g/mol. The molecule has 0 spiro atoms. The Bertz CT molecular complexity index is 561. The molecule has 0 radical (unpaired) electrons. The molecule has 0 saturated carbocycles. The van der Waals surface area contributed by atoms with Gasteiger partial charge < -0.3 is 10.4 Å². The van der Waals surface area contributed by atoms with Crippen molar-refractivity contribution in [3.63, 3.8) is 0 Å². The van der Waals surface area contributed by atoms with Gasteiger partial charge in [-0.3, -0.25) is 9.69 Å². The van der Waals surface area contributed by atoms with Crippen LogP contribution in [-0.2, 0) is 4.79 Å². The summed E-state index contributed by atoms with van der Waals surface area (Å²) in [6.45, 7) is 11.9. The molecule has 2 unspecified atom stereocenters. The van der Waals surface area contributed by atoms with Crippen LogP contribution in [0, 0.1) is 12.8 Å². The number of aliphatic hydroxyl groups is 1. The molecule has 134 valence electrons. The van der Waals surface area contributed by atoms with Gasteiger partial charge in [0.25, 0.3) is 0 Å². The van der Waals surface area contributed by atoms with Crippen LogP contribution in [-0.4, -0.2) is 41.1 Å². The van der Waals surface area contributed by atoms with Crippen molar-refractivity contribution in [3.05, 3.63) is 29.3 Å². The molecule has 2 atom stereocenters. The molecule has 1 heterocycles. The normalized spacial score (nSPS) is 19.3. The maximum Gasteiger partial charge on any atom is 0.241 e. The summed E-state index contributed by atoms with van der Waals surface area (Å²) in [5.41, 5.74) is 3.25. The van der Waals surface area contributed by atoms with E-state index in [0.717, 1.165) is 37.2 Å². The second kappa shape index (κ2) is 8.13. The van der Waals surface area contributed by atoms with Crippen LogP contribution in [0.4, 0.5) is 5.69 Å². The van der Waals surface area contributed by atoms with E-state index in [4.69, 9.17) is 0 Å². The molecule has 1 aromatic rings. The van der Waals surface area contributed by atoms with E-state index < -0.39 is 0 Å². The zero-order valence-electron chi connectivity index (χ0n) is 15.7. The number of hydrogen-bond acceptors (Lipinski definition) is 3. The third kappa shape index (κ3) is 4.37. The summed E-state index contributed by atoms with van der Waals surface area (Å²) in [7, 11) is 0. The van der Waals surface area contributed by atoms with Crippen molar-refractivity contribution in [1.82, 2.24) is 4.90 Å². The predicted molar refractivity (Wildman–Crippen MR) is 99.3 cm³/mol. The Morgan fingerprint density at radius 2 is 1.83 bits per heavy atom. The zero-order chi connectivity index (χ0) is 17.9. The average Bonchev–Trinajstić information content (AvgIpc) is 2.55. The van der Waals surface area contributed by atoms with Gasteiger partial charge in [0, 0.05) is 5.69 Å². The summed E-state index contributed by atoms with van der Waals surface area (Å²) >= 11 is 0. The molecule has 0 aromatic heterocycles. The van der Waals surface area contributed by atoms with Crippen molar-refractivity contribution in [3.8, 4) is 0 Å². The topological polar surface area (TPSA) is 52.6 Å². The highest BCUT2D eigenvalue weighted by Crippen LogP contribution is 2.28. The Morgan fingerprint density at radius 3 is 2.38 bits per heavy atom. The van der Waals surface area contributed by atoms with Crippen LogP contribution in [0.15, 0.2) is 18.2 Å². The molecule has 1 aliphatic heterocycles. The average molecular weight is 332 g/mol. The summed E-state index contributed by atoms with van der Waals surface area (Å²) in [6, 6.07) is 6.02. The third-order valence-electron chi connectivity index (χ3n) is 5.36. The maximum absolute atomic E-state index is 12.8. The van der Waals surface area contributed by atoms with Gasteiger partial charge in [0.15, 0.2) is 0 Å². The molecule has 1 aromatic carbocycles. The monoisotopic (exact) mass is 332 g/mol. The molecule has 4 heteroatoms. The lowest BCUT2D eigenvalue weighted by molar-refractivity contribution is -0.121. The largest absolute Gasteiger partial charge is 0.393 e. The first-order valence-corrected chi connectivity index (χ1v) is 9.13. The van der Waals surface area contributed by atoms with Gasteiger partial charge in [-0.15, -0.1) is 0 Å². The number of amides is 1. The van der Waals surface area contributed by atoms with Gasteiger partial charge in [0.1, 0.15) is 0 Å². The van der Waals surface area contributed by atoms with Crippen LogP contribution in [0.25, 0.3) is 0 Å². The second-order valence-electron chi connectivity index (χ2n) is 7.47. The number of aliphatic hydroxyl groups excluding tert-OH is 1. The molecule has 2 N–H and O–H groups in total. The second-order valence-corrected chi connectivity index (χ2v) is 7.47. The highest BCUT2D eigenvalue weighted by molar-refractivity contribution is 5.96. The van der Waals surface area contributed by atoms with E-state index in [1.165, 1.54) is 5.56 Å². The lowest BCUT2D eigenvalue weighted by Gasteiger charge is -2.36.